The molecule has 0 bridgehead atoms. The lowest BCUT2D eigenvalue weighted by Gasteiger charge is -2.32. The summed E-state index contributed by atoms with van der Waals surface area (Å²) in [4.78, 5) is 10.4. The minimum absolute atomic E-state index is 0.0696. The Bertz CT molecular complexity index is 1050. The van der Waals surface area contributed by atoms with Gasteiger partial charge in [-0.2, -0.15) is 0 Å². The molecule has 8 nitrogen and oxygen atoms in total. The summed E-state index contributed by atoms with van der Waals surface area (Å²) >= 11 is 0. The summed E-state index contributed by atoms with van der Waals surface area (Å²) in [5.41, 5.74) is 2.86. The molecule has 0 amide bonds. The van der Waals surface area contributed by atoms with E-state index in [0.29, 0.717) is 6.54 Å². The number of benzene rings is 2. The van der Waals surface area contributed by atoms with Crippen molar-refractivity contribution in [2.75, 3.05) is 0 Å². The first-order valence-electron chi connectivity index (χ1n) is 9.74. The van der Waals surface area contributed by atoms with Gasteiger partial charge in [-0.1, -0.05) is 41.6 Å². The third-order valence-electron chi connectivity index (χ3n) is 5.76. The highest BCUT2D eigenvalue weighted by Crippen LogP contribution is 2.36. The zero-order valence-corrected chi connectivity index (χ0v) is 17.4. The normalized spacial score (nSPS) is 17.3. The maximum Gasteiger partial charge on any atom is 0.494 e. The zero-order chi connectivity index (χ0) is 21.5. The number of nitro groups is 1. The lowest BCUT2D eigenvalue weighted by atomic mass is 9.79. The first kappa shape index (κ1) is 20.2. The van der Waals surface area contributed by atoms with Crippen molar-refractivity contribution < 1.29 is 14.2 Å². The van der Waals surface area contributed by atoms with Crippen LogP contribution in [-0.2, 0) is 15.9 Å². The minimum atomic E-state index is -0.412. The van der Waals surface area contributed by atoms with Gasteiger partial charge < -0.3 is 9.31 Å². The standard InChI is InChI=1S/C21H23BN4O4/c1-20(2)21(3,4)30-22(29-20)17-9-7-16(8-10-17)19-14-25(24-23-19)13-15-5-11-18(12-6-15)26(27)28/h5-12,14H,13H2,1-4H3. The first-order chi connectivity index (χ1) is 14.1. The van der Waals surface area contributed by atoms with Crippen molar-refractivity contribution in [1.29, 1.82) is 0 Å². The summed E-state index contributed by atoms with van der Waals surface area (Å²) in [5.74, 6) is 0. The Labute approximate surface area is 175 Å². The van der Waals surface area contributed by atoms with Crippen LogP contribution in [0.25, 0.3) is 11.3 Å². The molecule has 1 aromatic heterocycles. The molecule has 1 fully saturated rings. The summed E-state index contributed by atoms with van der Waals surface area (Å²) in [6, 6.07) is 14.3. The Morgan fingerprint density at radius 2 is 1.60 bits per heavy atom. The van der Waals surface area contributed by atoms with Gasteiger partial charge in [0.25, 0.3) is 5.69 Å². The van der Waals surface area contributed by atoms with Gasteiger partial charge in [-0.05, 0) is 38.7 Å². The first-order valence-corrected chi connectivity index (χ1v) is 9.74. The molecule has 0 atom stereocenters. The van der Waals surface area contributed by atoms with E-state index in [0.717, 1.165) is 22.3 Å². The molecule has 1 aliphatic heterocycles. The molecule has 30 heavy (non-hydrogen) atoms. The van der Waals surface area contributed by atoms with E-state index < -0.39 is 12.0 Å². The fraction of sp³-hybridized carbons (Fsp3) is 0.333. The number of nitro benzene ring substituents is 1. The van der Waals surface area contributed by atoms with Gasteiger partial charge >= 0.3 is 7.12 Å². The average Bonchev–Trinajstić information content (AvgIpc) is 3.24. The van der Waals surface area contributed by atoms with Crippen molar-refractivity contribution in [2.45, 2.75) is 45.4 Å². The zero-order valence-electron chi connectivity index (χ0n) is 17.4. The van der Waals surface area contributed by atoms with E-state index in [1.165, 1.54) is 12.1 Å². The predicted octanol–water partition coefficient (Wildman–Crippen LogP) is 3.20. The lowest BCUT2D eigenvalue weighted by Crippen LogP contribution is -2.41. The number of nitrogens with zero attached hydrogens (tertiary/aromatic N) is 4. The second-order valence-corrected chi connectivity index (χ2v) is 8.44. The second-order valence-electron chi connectivity index (χ2n) is 8.44. The third kappa shape index (κ3) is 3.86. The fourth-order valence-electron chi connectivity index (χ4n) is 3.21. The van der Waals surface area contributed by atoms with Gasteiger partial charge in [-0.3, -0.25) is 10.1 Å². The lowest BCUT2D eigenvalue weighted by molar-refractivity contribution is -0.384. The SMILES string of the molecule is CC1(C)OB(c2ccc(-c3cn(Cc4ccc([N+](=O)[O-])cc4)nn3)cc2)OC1(C)C. The second kappa shape index (κ2) is 7.34. The van der Waals surface area contributed by atoms with Gasteiger partial charge in [-0.15, -0.1) is 5.10 Å². The van der Waals surface area contributed by atoms with Gasteiger partial charge in [0.1, 0.15) is 5.69 Å². The van der Waals surface area contributed by atoms with Gasteiger partial charge in [0, 0.05) is 17.7 Å². The van der Waals surface area contributed by atoms with Crippen LogP contribution in [0.4, 0.5) is 5.69 Å². The molecule has 1 aliphatic rings. The predicted molar refractivity (Wildman–Crippen MR) is 113 cm³/mol. The molecule has 0 radical (unpaired) electrons. The van der Waals surface area contributed by atoms with Gasteiger partial charge in [-0.25, -0.2) is 4.68 Å². The van der Waals surface area contributed by atoms with E-state index in [9.17, 15) is 10.1 Å². The summed E-state index contributed by atoms with van der Waals surface area (Å²) in [5, 5.41) is 19.2. The van der Waals surface area contributed by atoms with Gasteiger partial charge in [0.05, 0.1) is 28.9 Å². The number of hydrogen-bond acceptors (Lipinski definition) is 6. The summed E-state index contributed by atoms with van der Waals surface area (Å²) in [6.45, 7) is 8.61. The van der Waals surface area contributed by atoms with Gasteiger partial charge in [0.15, 0.2) is 0 Å². The highest BCUT2D eigenvalue weighted by Gasteiger charge is 2.51. The molecular weight excluding hydrogens is 383 g/mol. The van der Waals surface area contributed by atoms with Crippen LogP contribution in [-0.4, -0.2) is 38.2 Å². The van der Waals surface area contributed by atoms with Crippen LogP contribution in [0.2, 0.25) is 0 Å². The monoisotopic (exact) mass is 406 g/mol. The van der Waals surface area contributed by atoms with Crippen LogP contribution in [0, 0.1) is 10.1 Å². The molecule has 0 spiro atoms. The Balaban J connectivity index is 1.46. The molecule has 4 rings (SSSR count). The smallest absolute Gasteiger partial charge is 0.399 e. The topological polar surface area (TPSA) is 92.3 Å². The van der Waals surface area contributed by atoms with Gasteiger partial charge in [0.2, 0.25) is 0 Å². The molecule has 0 unspecified atom stereocenters. The molecule has 3 aromatic rings. The molecule has 1 saturated heterocycles. The molecule has 0 N–H and O–H groups in total. The van der Waals surface area contributed by atoms with Crippen molar-refractivity contribution in [2.24, 2.45) is 0 Å². The fourth-order valence-corrected chi connectivity index (χ4v) is 3.21. The van der Waals surface area contributed by atoms with Crippen LogP contribution in [0.5, 0.6) is 0 Å². The van der Waals surface area contributed by atoms with Crippen LogP contribution >= 0.6 is 0 Å². The molecular formula is C21H23BN4O4. The van der Waals surface area contributed by atoms with Crippen LogP contribution < -0.4 is 5.46 Å². The summed E-state index contributed by atoms with van der Waals surface area (Å²) < 4.78 is 13.9. The highest BCUT2D eigenvalue weighted by atomic mass is 16.7. The highest BCUT2D eigenvalue weighted by molar-refractivity contribution is 6.62. The maximum absolute atomic E-state index is 10.8. The Morgan fingerprint density at radius 1 is 1.00 bits per heavy atom. The van der Waals surface area contributed by atoms with E-state index in [4.69, 9.17) is 9.31 Å². The van der Waals surface area contributed by atoms with Crippen LogP contribution in [0.3, 0.4) is 0 Å². The van der Waals surface area contributed by atoms with Crippen molar-refractivity contribution in [3.8, 4) is 11.3 Å². The molecule has 2 aromatic carbocycles. The van der Waals surface area contributed by atoms with Crippen molar-refractivity contribution >= 4 is 18.3 Å². The summed E-state index contributed by atoms with van der Waals surface area (Å²) in [7, 11) is -0.401. The Kier molecular flexibility index (Phi) is 4.95. The van der Waals surface area contributed by atoms with E-state index >= 15 is 0 Å². The van der Waals surface area contributed by atoms with Crippen molar-refractivity contribution in [3.05, 3.63) is 70.4 Å². The minimum Gasteiger partial charge on any atom is -0.399 e. The molecule has 0 saturated carbocycles. The molecule has 9 heteroatoms. The Morgan fingerprint density at radius 3 is 2.17 bits per heavy atom. The van der Waals surface area contributed by atoms with Crippen molar-refractivity contribution in [3.63, 3.8) is 0 Å². The Hall–Kier alpha value is -3.04. The van der Waals surface area contributed by atoms with Crippen LogP contribution in [0.1, 0.15) is 33.3 Å². The summed E-state index contributed by atoms with van der Waals surface area (Å²) in [6.07, 6.45) is 1.85. The molecule has 0 aliphatic carbocycles. The van der Waals surface area contributed by atoms with Crippen LogP contribution in [0.15, 0.2) is 54.7 Å². The average molecular weight is 406 g/mol. The maximum atomic E-state index is 10.8. The van der Waals surface area contributed by atoms with Crippen molar-refractivity contribution in [1.82, 2.24) is 15.0 Å². The quantitative estimate of drug-likeness (QED) is 0.367. The number of hydrogen-bond donors (Lipinski definition) is 0. The molecule has 2 heterocycles. The third-order valence-corrected chi connectivity index (χ3v) is 5.76. The number of non-ortho nitro benzene ring substituents is 1. The number of rotatable bonds is 5. The number of aromatic nitrogens is 3. The van der Waals surface area contributed by atoms with E-state index in [1.54, 1.807) is 16.8 Å². The molecule has 154 valence electrons. The largest absolute Gasteiger partial charge is 0.494 e. The van der Waals surface area contributed by atoms with E-state index in [-0.39, 0.29) is 16.9 Å². The van der Waals surface area contributed by atoms with E-state index in [2.05, 4.69) is 10.3 Å². The van der Waals surface area contributed by atoms with E-state index in [1.807, 2.05) is 58.2 Å².